The minimum atomic E-state index is -2.58. The van der Waals surface area contributed by atoms with Gasteiger partial charge in [-0.3, -0.25) is 4.79 Å². The van der Waals surface area contributed by atoms with Gasteiger partial charge in [-0.15, -0.1) is 0 Å². The highest BCUT2D eigenvalue weighted by molar-refractivity contribution is 9.28. The van der Waals surface area contributed by atoms with Gasteiger partial charge in [0.25, 0.3) is 2.97 Å². The third kappa shape index (κ3) is 3.56. The molecule has 0 aromatic heterocycles. The summed E-state index contributed by atoms with van der Waals surface area (Å²) < 4.78 is -1.06. The van der Waals surface area contributed by atoms with Gasteiger partial charge in [0.05, 0.1) is 0 Å². The number of halogens is 2. The predicted molar refractivity (Wildman–Crippen MR) is 161 cm³/mol. The molecule has 0 spiro atoms. The topological polar surface area (TPSA) is 17.1 Å². The molecular formula is C32H24Br2OP+. The summed E-state index contributed by atoms with van der Waals surface area (Å²) in [6.07, 6.45) is 2.07. The summed E-state index contributed by atoms with van der Waals surface area (Å²) in [6.45, 7) is 0. The minimum Gasteiger partial charge on any atom is -0.287 e. The number of rotatable bonds is 6. The van der Waals surface area contributed by atoms with Crippen LogP contribution in [0.1, 0.15) is 21.5 Å². The van der Waals surface area contributed by atoms with Gasteiger partial charge in [0.2, 0.25) is 5.78 Å². The number of carbonyl (C=O) groups is 1. The Kier molecular flexibility index (Phi) is 6.20. The number of hydrogen-bond donors (Lipinski definition) is 0. The zero-order valence-corrected chi connectivity index (χ0v) is 23.6. The van der Waals surface area contributed by atoms with Crippen molar-refractivity contribution >= 4 is 71.6 Å². The minimum absolute atomic E-state index is 0.0444. The molecule has 0 radical (unpaired) electrons. The summed E-state index contributed by atoms with van der Waals surface area (Å²) in [5, 5.41) is 5.70. The fourth-order valence-corrected chi connectivity index (χ4v) is 13.9. The number of alkyl halides is 2. The van der Waals surface area contributed by atoms with Crippen molar-refractivity contribution in [3.8, 4) is 0 Å². The van der Waals surface area contributed by atoms with Crippen LogP contribution in [0, 0.1) is 0 Å². The van der Waals surface area contributed by atoms with Crippen LogP contribution in [0.5, 0.6) is 0 Å². The van der Waals surface area contributed by atoms with E-state index >= 15 is 0 Å². The molecule has 1 aliphatic carbocycles. The van der Waals surface area contributed by atoms with Crippen LogP contribution < -0.4 is 15.9 Å². The molecular weight excluding hydrogens is 591 g/mol. The van der Waals surface area contributed by atoms with Crippen LogP contribution in [0.4, 0.5) is 0 Å². The Morgan fingerprint density at radius 3 is 1.56 bits per heavy atom. The van der Waals surface area contributed by atoms with Crippen LogP contribution in [0.15, 0.2) is 121 Å². The fraction of sp³-hybridized carbons (Fsp3) is 0.0938. The Bertz CT molecular complexity index is 1460. The summed E-state index contributed by atoms with van der Waals surface area (Å²) in [7, 11) is -2.58. The van der Waals surface area contributed by atoms with Crippen molar-refractivity contribution in [1.82, 2.24) is 0 Å². The maximum atomic E-state index is 14.8. The molecule has 0 unspecified atom stereocenters. The highest BCUT2D eigenvalue weighted by atomic mass is 79.9. The molecule has 0 atom stereocenters. The number of hydrogen-bond acceptors (Lipinski definition) is 1. The average molecular weight is 615 g/mol. The third-order valence-corrected chi connectivity index (χ3v) is 15.4. The molecule has 4 heteroatoms. The molecule has 176 valence electrons. The number of aryl methyl sites for hydroxylation is 2. The molecule has 1 aliphatic rings. The van der Waals surface area contributed by atoms with Gasteiger partial charge in [-0.05, 0) is 103 Å². The first kappa shape index (κ1) is 23.8. The van der Waals surface area contributed by atoms with E-state index in [4.69, 9.17) is 0 Å². The summed E-state index contributed by atoms with van der Waals surface area (Å²) in [4.78, 5) is 14.8. The molecule has 5 aromatic carbocycles. The van der Waals surface area contributed by atoms with Gasteiger partial charge in [-0.25, -0.2) is 0 Å². The number of carbonyl (C=O) groups excluding carboxylic acids is 1. The molecule has 0 bridgehead atoms. The van der Waals surface area contributed by atoms with Crippen LogP contribution >= 0.6 is 39.1 Å². The molecule has 0 saturated carbocycles. The monoisotopic (exact) mass is 613 g/mol. The van der Waals surface area contributed by atoms with Crippen LogP contribution in [0.25, 0.3) is 10.8 Å². The lowest BCUT2D eigenvalue weighted by Gasteiger charge is -2.36. The normalized spacial score (nSPS) is 13.2. The van der Waals surface area contributed by atoms with Crippen molar-refractivity contribution in [2.45, 2.75) is 15.8 Å². The Balaban J connectivity index is 1.67. The summed E-state index contributed by atoms with van der Waals surface area (Å²) in [5.74, 6) is 0.0444. The van der Waals surface area contributed by atoms with Crippen LogP contribution in [-0.2, 0) is 12.8 Å². The van der Waals surface area contributed by atoms with Crippen molar-refractivity contribution in [2.75, 3.05) is 0 Å². The van der Waals surface area contributed by atoms with Gasteiger partial charge in [-0.1, -0.05) is 84.9 Å². The molecule has 5 aromatic rings. The summed E-state index contributed by atoms with van der Waals surface area (Å²) in [6, 6.07) is 42.0. The van der Waals surface area contributed by atoms with E-state index in [1.165, 1.54) is 16.5 Å². The first-order chi connectivity index (χ1) is 17.5. The van der Waals surface area contributed by atoms with E-state index in [1.807, 2.05) is 24.3 Å². The molecule has 0 saturated heterocycles. The third-order valence-electron chi connectivity index (χ3n) is 7.25. The Morgan fingerprint density at radius 2 is 1.06 bits per heavy atom. The highest BCUT2D eigenvalue weighted by Gasteiger charge is 2.65. The van der Waals surface area contributed by atoms with Gasteiger partial charge in [0, 0.05) is 5.56 Å². The molecule has 0 N–H and O–H groups in total. The maximum absolute atomic E-state index is 14.8. The van der Waals surface area contributed by atoms with E-state index in [2.05, 4.69) is 129 Å². The average Bonchev–Trinajstić information content (AvgIpc) is 3.35. The first-order valence-electron chi connectivity index (χ1n) is 12.1. The lowest BCUT2D eigenvalue weighted by molar-refractivity contribution is 0.101. The molecule has 6 rings (SSSR count). The van der Waals surface area contributed by atoms with Gasteiger partial charge in [0.1, 0.15) is 23.2 Å². The molecule has 0 aliphatic heterocycles. The number of Topliss-reactive ketones (excluding diaryl/α,β-unsaturated/α-hetero) is 1. The van der Waals surface area contributed by atoms with E-state index in [-0.39, 0.29) is 5.78 Å². The Morgan fingerprint density at radius 1 is 0.583 bits per heavy atom. The largest absolute Gasteiger partial charge is 0.287 e. The quantitative estimate of drug-likeness (QED) is 0.110. The molecule has 0 heterocycles. The molecule has 1 nitrogen and oxygen atoms in total. The van der Waals surface area contributed by atoms with Gasteiger partial charge in [0.15, 0.2) is 0 Å². The van der Waals surface area contributed by atoms with Crippen molar-refractivity contribution in [3.05, 3.63) is 138 Å². The summed E-state index contributed by atoms with van der Waals surface area (Å²) >= 11 is 8.15. The van der Waals surface area contributed by atoms with Gasteiger partial charge < -0.3 is 0 Å². The van der Waals surface area contributed by atoms with Crippen molar-refractivity contribution in [3.63, 3.8) is 0 Å². The van der Waals surface area contributed by atoms with Crippen molar-refractivity contribution in [1.29, 1.82) is 0 Å². The van der Waals surface area contributed by atoms with E-state index in [1.54, 1.807) is 0 Å². The van der Waals surface area contributed by atoms with Crippen LogP contribution in [0.3, 0.4) is 0 Å². The number of benzene rings is 5. The summed E-state index contributed by atoms with van der Waals surface area (Å²) in [5.41, 5.74) is 3.42. The van der Waals surface area contributed by atoms with E-state index < -0.39 is 10.2 Å². The lowest BCUT2D eigenvalue weighted by Crippen LogP contribution is -2.45. The maximum Gasteiger partial charge on any atom is 0.261 e. The highest BCUT2D eigenvalue weighted by Crippen LogP contribution is 2.72. The smallest absolute Gasteiger partial charge is 0.261 e. The van der Waals surface area contributed by atoms with E-state index in [0.717, 1.165) is 39.7 Å². The van der Waals surface area contributed by atoms with Crippen molar-refractivity contribution in [2.24, 2.45) is 0 Å². The van der Waals surface area contributed by atoms with Gasteiger partial charge >= 0.3 is 0 Å². The second kappa shape index (κ2) is 9.38. The van der Waals surface area contributed by atoms with E-state index in [0.29, 0.717) is 0 Å². The predicted octanol–water partition coefficient (Wildman–Crippen LogP) is 7.56. The van der Waals surface area contributed by atoms with Crippen LogP contribution in [-0.4, -0.2) is 8.76 Å². The Hall–Kier alpha value is -2.58. The molecule has 36 heavy (non-hydrogen) atoms. The van der Waals surface area contributed by atoms with E-state index in [9.17, 15) is 4.79 Å². The lowest BCUT2D eigenvalue weighted by atomic mass is 9.98. The zero-order valence-electron chi connectivity index (χ0n) is 19.6. The van der Waals surface area contributed by atoms with Crippen LogP contribution in [0.2, 0.25) is 0 Å². The zero-order chi connectivity index (χ0) is 24.8. The van der Waals surface area contributed by atoms with Gasteiger partial charge in [-0.2, -0.15) is 0 Å². The van der Waals surface area contributed by atoms with Crippen molar-refractivity contribution < 1.29 is 4.79 Å². The second-order valence-corrected chi connectivity index (χ2v) is 17.4. The SMILES string of the molecule is O=C(c1ccc2c3c(cccc13)CC2)C(Br)(Br)[P+](c1ccccc1)(c1ccccc1)c1ccccc1. The number of ketones is 1. The standard InChI is InChI=1S/C32H24Br2OP/c33-32(34,31(35)29-22-21-24-20-19-23-11-10-18-28(29)30(23)24)36(25-12-4-1-5-13-25,26-14-6-2-7-15-26)27-16-8-3-9-17-27/h1-18,21-22H,19-20H2/q+1. The first-order valence-corrected chi connectivity index (χ1v) is 15.4. The Labute approximate surface area is 229 Å². The fourth-order valence-electron chi connectivity index (χ4n) is 5.65. The second-order valence-electron chi connectivity index (χ2n) is 9.16. The molecule has 0 fully saturated rings. The molecule has 0 amide bonds.